The molecule has 41 heavy (non-hydrogen) atoms. The summed E-state index contributed by atoms with van der Waals surface area (Å²) in [6.07, 6.45) is -2.96. The van der Waals surface area contributed by atoms with E-state index in [-0.39, 0.29) is 53.6 Å². The first-order valence-electron chi connectivity index (χ1n) is 13.5. The molecule has 2 saturated heterocycles. The summed E-state index contributed by atoms with van der Waals surface area (Å²) >= 11 is 4.34. The van der Waals surface area contributed by atoms with Gasteiger partial charge >= 0.3 is 6.18 Å². The molecular formula is C27H34F3N3O5S3. The molecule has 2 aliphatic heterocycles. The first-order chi connectivity index (χ1) is 19.1. The molecule has 8 nitrogen and oxygen atoms in total. The maximum atomic E-state index is 13.6. The molecule has 3 aliphatic rings. The molecule has 1 N–H and O–H groups in total. The molecule has 2 aromatic carbocycles. The van der Waals surface area contributed by atoms with Crippen molar-refractivity contribution in [1.82, 2.24) is 9.21 Å². The molecule has 1 aliphatic carbocycles. The van der Waals surface area contributed by atoms with Crippen molar-refractivity contribution in [3.63, 3.8) is 0 Å². The van der Waals surface area contributed by atoms with Crippen molar-refractivity contribution in [2.24, 2.45) is 5.92 Å². The van der Waals surface area contributed by atoms with Gasteiger partial charge in [0.05, 0.1) is 22.4 Å². The van der Waals surface area contributed by atoms with Crippen LogP contribution in [0, 0.1) is 5.92 Å². The molecule has 0 spiro atoms. The third-order valence-electron chi connectivity index (χ3n) is 8.44. The molecule has 5 rings (SSSR count). The molecule has 0 amide bonds. The minimum Gasteiger partial charge on any atom is -0.376 e. The number of piperazine rings is 1. The Hall–Kier alpha value is -1.84. The van der Waals surface area contributed by atoms with E-state index in [2.05, 4.69) is 17.5 Å². The quantitative estimate of drug-likeness (QED) is 0.453. The first kappa shape index (κ1) is 30.6. The maximum Gasteiger partial charge on any atom is 0.421 e. The smallest absolute Gasteiger partial charge is 0.376 e. The average molecular weight is 634 g/mol. The summed E-state index contributed by atoms with van der Waals surface area (Å²) in [5.41, 5.74) is -2.72. The number of aliphatic hydroxyl groups is 1. The van der Waals surface area contributed by atoms with Crippen LogP contribution < -0.4 is 4.90 Å². The van der Waals surface area contributed by atoms with E-state index in [1.807, 2.05) is 4.90 Å². The van der Waals surface area contributed by atoms with Crippen molar-refractivity contribution in [2.45, 2.75) is 53.4 Å². The minimum atomic E-state index is -4.85. The summed E-state index contributed by atoms with van der Waals surface area (Å²) in [5, 5.41) is 10.1. The first-order valence-corrected chi connectivity index (χ1v) is 17.2. The molecule has 0 unspecified atom stereocenters. The summed E-state index contributed by atoms with van der Waals surface area (Å²) in [6, 6.07) is 11.4. The Kier molecular flexibility index (Phi) is 8.23. The molecule has 2 heterocycles. The molecular weight excluding hydrogens is 600 g/mol. The van der Waals surface area contributed by atoms with Crippen LogP contribution in [0.5, 0.6) is 0 Å². The average Bonchev–Trinajstić information content (AvgIpc) is 3.75. The van der Waals surface area contributed by atoms with E-state index < -0.39 is 37.7 Å². The van der Waals surface area contributed by atoms with Crippen LogP contribution in [0.4, 0.5) is 18.9 Å². The number of hydrogen-bond donors (Lipinski definition) is 2. The molecule has 1 saturated carbocycles. The highest BCUT2D eigenvalue weighted by atomic mass is 32.2. The lowest BCUT2D eigenvalue weighted by Gasteiger charge is -2.46. The Morgan fingerprint density at radius 2 is 1.68 bits per heavy atom. The molecule has 0 aromatic heterocycles. The van der Waals surface area contributed by atoms with Crippen LogP contribution in [0.25, 0.3) is 0 Å². The number of rotatable bonds is 7. The second-order valence-electron chi connectivity index (χ2n) is 11.3. The van der Waals surface area contributed by atoms with Gasteiger partial charge in [0.1, 0.15) is 0 Å². The fourth-order valence-electron chi connectivity index (χ4n) is 5.78. The molecule has 226 valence electrons. The van der Waals surface area contributed by atoms with E-state index in [9.17, 15) is 35.1 Å². The lowest BCUT2D eigenvalue weighted by Crippen LogP contribution is -2.61. The fraction of sp³-hybridized carbons (Fsp3) is 0.556. The van der Waals surface area contributed by atoms with Crippen LogP contribution in [-0.4, -0.2) is 93.6 Å². The van der Waals surface area contributed by atoms with Crippen LogP contribution in [0.2, 0.25) is 0 Å². The summed E-state index contributed by atoms with van der Waals surface area (Å²) in [5.74, 6) is 0.377. The van der Waals surface area contributed by atoms with Gasteiger partial charge in [0.2, 0.25) is 10.0 Å². The Bertz CT molecular complexity index is 1480. The zero-order chi connectivity index (χ0) is 29.8. The third kappa shape index (κ3) is 6.28. The van der Waals surface area contributed by atoms with E-state index in [0.29, 0.717) is 30.6 Å². The van der Waals surface area contributed by atoms with E-state index in [1.165, 1.54) is 34.6 Å². The summed E-state index contributed by atoms with van der Waals surface area (Å²) in [6.45, 7) is 1.96. The third-order valence-corrected chi connectivity index (χ3v) is 12.6. The zero-order valence-corrected chi connectivity index (χ0v) is 25.1. The molecule has 0 radical (unpaired) electrons. The van der Waals surface area contributed by atoms with Gasteiger partial charge in [-0.15, -0.1) is 12.6 Å². The standard InChI is InChI=1S/C27H34F3N3O5S3/c1-26(34,27(28,29)30)20-8-10-21(11-9-20)33-13-12-32(41(37,38)25-5-3-2-4-24(25)39)17-22(33)16-31-14-15-40(35,36)18-23(31)19-6-7-19/h2-5,8-11,19,22-23,34,39H,6-7,12-18H2,1H3/t22-,23+,26+/m0/s1. The highest BCUT2D eigenvalue weighted by Gasteiger charge is 2.51. The van der Waals surface area contributed by atoms with Gasteiger partial charge < -0.3 is 10.0 Å². The number of sulfone groups is 1. The lowest BCUT2D eigenvalue weighted by molar-refractivity contribution is -0.258. The molecule has 0 bridgehead atoms. The topological polar surface area (TPSA) is 98.2 Å². The van der Waals surface area contributed by atoms with Crippen molar-refractivity contribution < 1.29 is 35.1 Å². The highest BCUT2D eigenvalue weighted by molar-refractivity contribution is 7.91. The van der Waals surface area contributed by atoms with Gasteiger partial charge in [0, 0.05) is 49.3 Å². The number of anilines is 1. The fourth-order valence-corrected chi connectivity index (χ4v) is 9.52. The lowest BCUT2D eigenvalue weighted by atomic mass is 9.95. The van der Waals surface area contributed by atoms with Gasteiger partial charge in [-0.2, -0.15) is 17.5 Å². The van der Waals surface area contributed by atoms with Gasteiger partial charge in [-0.25, -0.2) is 16.8 Å². The minimum absolute atomic E-state index is 0.0270. The highest BCUT2D eigenvalue weighted by Crippen LogP contribution is 2.40. The monoisotopic (exact) mass is 633 g/mol. The van der Waals surface area contributed by atoms with Crippen molar-refractivity contribution in [3.8, 4) is 0 Å². The maximum absolute atomic E-state index is 13.6. The Balaban J connectivity index is 1.45. The van der Waals surface area contributed by atoms with Crippen LogP contribution in [0.15, 0.2) is 58.3 Å². The number of hydrogen-bond acceptors (Lipinski definition) is 8. The SMILES string of the molecule is C[C@@](O)(c1ccc(N2CCN(S(=O)(=O)c3ccccc3S)C[C@@H]2CN2CCS(=O)(=O)C[C@@H]2C2CC2)cc1)C(F)(F)F. The summed E-state index contributed by atoms with van der Waals surface area (Å²) in [7, 11) is -7.06. The van der Waals surface area contributed by atoms with Crippen LogP contribution in [-0.2, 0) is 25.5 Å². The number of benzene rings is 2. The summed E-state index contributed by atoms with van der Waals surface area (Å²) < 4.78 is 93.8. The van der Waals surface area contributed by atoms with Gasteiger partial charge in [-0.3, -0.25) is 4.90 Å². The van der Waals surface area contributed by atoms with Gasteiger partial charge in [0.15, 0.2) is 15.4 Å². The Labute approximate surface area is 244 Å². The molecule has 2 aromatic rings. The van der Waals surface area contributed by atoms with Gasteiger partial charge in [-0.05, 0) is 55.5 Å². The Morgan fingerprint density at radius 1 is 1.02 bits per heavy atom. The van der Waals surface area contributed by atoms with Crippen LogP contribution in [0.1, 0.15) is 25.3 Å². The largest absolute Gasteiger partial charge is 0.421 e. The van der Waals surface area contributed by atoms with Gasteiger partial charge in [0.25, 0.3) is 0 Å². The van der Waals surface area contributed by atoms with Crippen LogP contribution >= 0.6 is 12.6 Å². The van der Waals surface area contributed by atoms with Crippen molar-refractivity contribution in [1.29, 1.82) is 0 Å². The molecule has 3 fully saturated rings. The van der Waals surface area contributed by atoms with Crippen molar-refractivity contribution >= 4 is 38.2 Å². The van der Waals surface area contributed by atoms with Gasteiger partial charge in [-0.1, -0.05) is 24.3 Å². The predicted octanol–water partition coefficient (Wildman–Crippen LogP) is 3.13. The van der Waals surface area contributed by atoms with Crippen LogP contribution in [0.3, 0.4) is 0 Å². The normalized spacial score (nSPS) is 26.0. The number of halogens is 3. The number of thiol groups is 1. The number of sulfonamides is 1. The van der Waals surface area contributed by atoms with E-state index in [4.69, 9.17) is 0 Å². The van der Waals surface area contributed by atoms with E-state index in [1.54, 1.807) is 18.2 Å². The zero-order valence-electron chi connectivity index (χ0n) is 22.5. The predicted molar refractivity (Wildman–Crippen MR) is 152 cm³/mol. The second-order valence-corrected chi connectivity index (χ2v) is 15.9. The van der Waals surface area contributed by atoms with E-state index >= 15 is 0 Å². The Morgan fingerprint density at radius 3 is 2.29 bits per heavy atom. The van der Waals surface area contributed by atoms with Crippen molar-refractivity contribution in [2.75, 3.05) is 49.1 Å². The second kappa shape index (κ2) is 11.0. The summed E-state index contributed by atoms with van der Waals surface area (Å²) in [4.78, 5) is 4.53. The molecule has 3 atom stereocenters. The van der Waals surface area contributed by atoms with E-state index in [0.717, 1.165) is 12.8 Å². The molecule has 14 heteroatoms. The van der Waals surface area contributed by atoms with Crippen molar-refractivity contribution in [3.05, 3.63) is 54.1 Å². The number of alkyl halides is 3. The number of nitrogens with zero attached hydrogens (tertiary/aromatic N) is 3.